The summed E-state index contributed by atoms with van der Waals surface area (Å²) in [5.74, 6) is 0.787. The molecule has 1 aromatic carbocycles. The molecule has 1 aromatic heterocycles. The Kier molecular flexibility index (Phi) is 4.11. The Morgan fingerprint density at radius 2 is 2.11 bits per heavy atom. The van der Waals surface area contributed by atoms with Crippen molar-refractivity contribution in [2.24, 2.45) is 0 Å². The predicted octanol–water partition coefficient (Wildman–Crippen LogP) is 0.893. The van der Waals surface area contributed by atoms with Crippen molar-refractivity contribution < 1.29 is 9.84 Å². The minimum Gasteiger partial charge on any atom is -0.497 e. The number of aromatic nitrogens is 3. The van der Waals surface area contributed by atoms with Gasteiger partial charge in [0.25, 0.3) is 0 Å². The largest absolute Gasteiger partial charge is 0.497 e. The third kappa shape index (κ3) is 2.89. The van der Waals surface area contributed by atoms with Crippen LogP contribution in [-0.4, -0.2) is 27.2 Å². The zero-order valence-corrected chi connectivity index (χ0v) is 10.6. The summed E-state index contributed by atoms with van der Waals surface area (Å²) in [5.41, 5.74) is 2.30. The molecule has 98 valence electrons. The van der Waals surface area contributed by atoms with Gasteiger partial charge in [0.05, 0.1) is 25.5 Å². The van der Waals surface area contributed by atoms with Gasteiger partial charge in [-0.1, -0.05) is 17.3 Å². The van der Waals surface area contributed by atoms with Gasteiger partial charge in [-0.2, -0.15) is 5.26 Å². The SMILES string of the molecule is COc1ccc(Cc2c(CO)nnn2CC#N)cc1. The van der Waals surface area contributed by atoms with Gasteiger partial charge in [-0.15, -0.1) is 5.10 Å². The summed E-state index contributed by atoms with van der Waals surface area (Å²) < 4.78 is 6.61. The van der Waals surface area contributed by atoms with E-state index in [0.29, 0.717) is 12.1 Å². The van der Waals surface area contributed by atoms with Gasteiger partial charge in [0.1, 0.15) is 18.0 Å². The quantitative estimate of drug-likeness (QED) is 0.861. The van der Waals surface area contributed by atoms with Gasteiger partial charge in [-0.05, 0) is 17.7 Å². The molecule has 6 heteroatoms. The Bertz CT molecular complexity index is 584. The molecule has 0 unspecified atom stereocenters. The van der Waals surface area contributed by atoms with Crippen molar-refractivity contribution >= 4 is 0 Å². The van der Waals surface area contributed by atoms with Crippen LogP contribution < -0.4 is 4.74 Å². The summed E-state index contributed by atoms with van der Waals surface area (Å²) in [6.07, 6.45) is 0.564. The molecule has 0 radical (unpaired) electrons. The van der Waals surface area contributed by atoms with Gasteiger partial charge in [-0.3, -0.25) is 0 Å². The van der Waals surface area contributed by atoms with Crippen molar-refractivity contribution in [2.75, 3.05) is 7.11 Å². The van der Waals surface area contributed by atoms with Crippen molar-refractivity contribution in [2.45, 2.75) is 19.6 Å². The Balaban J connectivity index is 2.25. The topological polar surface area (TPSA) is 84.0 Å². The number of aliphatic hydroxyl groups is 1. The van der Waals surface area contributed by atoms with Gasteiger partial charge in [0.15, 0.2) is 0 Å². The standard InChI is InChI=1S/C13H14N4O2/c1-19-11-4-2-10(3-5-11)8-13-12(9-18)15-16-17(13)7-6-14/h2-5,18H,7-9H2,1H3. The van der Waals surface area contributed by atoms with Crippen LogP contribution in [0.1, 0.15) is 17.0 Å². The summed E-state index contributed by atoms with van der Waals surface area (Å²) in [6.45, 7) is -0.0601. The summed E-state index contributed by atoms with van der Waals surface area (Å²) >= 11 is 0. The molecule has 0 atom stereocenters. The van der Waals surface area contributed by atoms with E-state index in [1.54, 1.807) is 7.11 Å². The van der Waals surface area contributed by atoms with E-state index in [1.165, 1.54) is 4.68 Å². The van der Waals surface area contributed by atoms with E-state index in [1.807, 2.05) is 30.3 Å². The fraction of sp³-hybridized carbons (Fsp3) is 0.308. The zero-order chi connectivity index (χ0) is 13.7. The molecule has 2 rings (SSSR count). The molecular weight excluding hydrogens is 244 g/mol. The van der Waals surface area contributed by atoms with Crippen LogP contribution in [0.5, 0.6) is 5.75 Å². The summed E-state index contributed by atoms with van der Waals surface area (Å²) in [5, 5.41) is 25.7. The molecule has 0 saturated carbocycles. The Labute approximate surface area is 110 Å². The molecule has 2 aromatic rings. The summed E-state index contributed by atoms with van der Waals surface area (Å²) in [6, 6.07) is 9.63. The lowest BCUT2D eigenvalue weighted by Crippen LogP contribution is -2.06. The van der Waals surface area contributed by atoms with Gasteiger partial charge in [-0.25, -0.2) is 4.68 Å². The number of methoxy groups -OCH3 is 1. The van der Waals surface area contributed by atoms with E-state index in [9.17, 15) is 5.11 Å². The average molecular weight is 258 g/mol. The molecule has 0 fully saturated rings. The molecule has 6 nitrogen and oxygen atoms in total. The van der Waals surface area contributed by atoms with Crippen LogP contribution in [0, 0.1) is 11.3 Å². The van der Waals surface area contributed by atoms with Crippen molar-refractivity contribution in [1.29, 1.82) is 5.26 Å². The molecule has 0 bridgehead atoms. The van der Waals surface area contributed by atoms with E-state index in [4.69, 9.17) is 10.00 Å². The first-order valence-corrected chi connectivity index (χ1v) is 5.80. The van der Waals surface area contributed by atoms with E-state index < -0.39 is 0 Å². The van der Waals surface area contributed by atoms with Gasteiger partial charge < -0.3 is 9.84 Å². The molecule has 0 aliphatic heterocycles. The molecule has 0 aliphatic rings. The van der Waals surface area contributed by atoms with Crippen LogP contribution in [-0.2, 0) is 19.6 Å². The monoisotopic (exact) mass is 258 g/mol. The normalized spacial score (nSPS) is 10.2. The number of rotatable bonds is 5. The number of aliphatic hydroxyl groups excluding tert-OH is 1. The van der Waals surface area contributed by atoms with Crippen molar-refractivity contribution in [3.05, 3.63) is 41.2 Å². The van der Waals surface area contributed by atoms with Crippen LogP contribution in [0.2, 0.25) is 0 Å². The smallest absolute Gasteiger partial charge is 0.130 e. The number of benzene rings is 1. The Morgan fingerprint density at radius 3 is 2.68 bits per heavy atom. The van der Waals surface area contributed by atoms with Crippen LogP contribution >= 0.6 is 0 Å². The number of ether oxygens (including phenoxy) is 1. The zero-order valence-electron chi connectivity index (χ0n) is 10.6. The van der Waals surface area contributed by atoms with Gasteiger partial charge in [0.2, 0.25) is 0 Å². The fourth-order valence-electron chi connectivity index (χ4n) is 1.82. The fourth-order valence-corrected chi connectivity index (χ4v) is 1.82. The van der Waals surface area contributed by atoms with Crippen LogP contribution in [0.3, 0.4) is 0 Å². The third-order valence-corrected chi connectivity index (χ3v) is 2.82. The van der Waals surface area contributed by atoms with Gasteiger partial charge >= 0.3 is 0 Å². The van der Waals surface area contributed by atoms with E-state index in [2.05, 4.69) is 10.3 Å². The molecule has 0 amide bonds. The summed E-state index contributed by atoms with van der Waals surface area (Å²) in [4.78, 5) is 0. The van der Waals surface area contributed by atoms with Crippen LogP contribution in [0.25, 0.3) is 0 Å². The molecule has 19 heavy (non-hydrogen) atoms. The highest BCUT2D eigenvalue weighted by Gasteiger charge is 2.12. The number of nitriles is 1. The highest BCUT2D eigenvalue weighted by atomic mass is 16.5. The van der Waals surface area contributed by atoms with Crippen LogP contribution in [0.15, 0.2) is 24.3 Å². The van der Waals surface area contributed by atoms with E-state index >= 15 is 0 Å². The van der Waals surface area contributed by atoms with E-state index in [-0.39, 0.29) is 13.2 Å². The molecular formula is C13H14N4O2. The lowest BCUT2D eigenvalue weighted by molar-refractivity contribution is 0.275. The first kappa shape index (κ1) is 13.1. The van der Waals surface area contributed by atoms with Crippen molar-refractivity contribution in [1.82, 2.24) is 15.0 Å². The average Bonchev–Trinajstić information content (AvgIpc) is 2.82. The molecule has 1 heterocycles. The predicted molar refractivity (Wildman–Crippen MR) is 67.4 cm³/mol. The number of nitrogens with zero attached hydrogens (tertiary/aromatic N) is 4. The van der Waals surface area contributed by atoms with E-state index in [0.717, 1.165) is 17.0 Å². The Morgan fingerprint density at radius 1 is 1.37 bits per heavy atom. The van der Waals surface area contributed by atoms with Crippen molar-refractivity contribution in [3.8, 4) is 11.8 Å². The molecule has 0 saturated heterocycles. The molecule has 0 spiro atoms. The first-order valence-electron chi connectivity index (χ1n) is 5.80. The highest BCUT2D eigenvalue weighted by molar-refractivity contribution is 5.30. The first-order chi connectivity index (χ1) is 9.28. The maximum atomic E-state index is 9.24. The molecule has 1 N–H and O–H groups in total. The number of hydrogen-bond donors (Lipinski definition) is 1. The lowest BCUT2D eigenvalue weighted by Gasteiger charge is -2.06. The maximum absolute atomic E-state index is 9.24. The highest BCUT2D eigenvalue weighted by Crippen LogP contribution is 2.16. The second kappa shape index (κ2) is 5.98. The second-order valence-corrected chi connectivity index (χ2v) is 3.98. The van der Waals surface area contributed by atoms with Crippen molar-refractivity contribution in [3.63, 3.8) is 0 Å². The second-order valence-electron chi connectivity index (χ2n) is 3.98. The lowest BCUT2D eigenvalue weighted by atomic mass is 10.1. The maximum Gasteiger partial charge on any atom is 0.130 e. The minimum atomic E-state index is -0.184. The third-order valence-electron chi connectivity index (χ3n) is 2.82. The van der Waals surface area contributed by atoms with Gasteiger partial charge in [0, 0.05) is 6.42 Å². The molecule has 0 aliphatic carbocycles. The minimum absolute atomic E-state index is 0.124. The number of hydrogen-bond acceptors (Lipinski definition) is 5. The van der Waals surface area contributed by atoms with Crippen LogP contribution in [0.4, 0.5) is 0 Å². The Hall–Kier alpha value is -2.39. The summed E-state index contributed by atoms with van der Waals surface area (Å²) in [7, 11) is 1.62.